The highest BCUT2D eigenvalue weighted by molar-refractivity contribution is 6.35. The second-order valence-electron chi connectivity index (χ2n) is 4.74. The van der Waals surface area contributed by atoms with Gasteiger partial charge in [0.25, 0.3) is 5.56 Å². The molecule has 100 valence electrons. The molecule has 2 heterocycles. The molecule has 0 radical (unpaired) electrons. The van der Waals surface area contributed by atoms with Crippen LogP contribution in [0.5, 0.6) is 0 Å². The van der Waals surface area contributed by atoms with Crippen LogP contribution in [0.4, 0.5) is 0 Å². The lowest BCUT2D eigenvalue weighted by Gasteiger charge is -2.31. The number of hydrogen-bond acceptors (Lipinski definition) is 4. The van der Waals surface area contributed by atoms with Crippen molar-refractivity contribution >= 4 is 22.4 Å². The summed E-state index contributed by atoms with van der Waals surface area (Å²) >= 11 is 6.09. The Hall–Kier alpha value is -1.43. The molecule has 19 heavy (non-hydrogen) atoms. The van der Waals surface area contributed by atoms with Gasteiger partial charge in [-0.2, -0.15) is 5.10 Å². The standard InChI is InChI=1S/C13H13ClN2O3/c1-16-13(18)11-9(4-15-16)8(2-3-10(11)14)12(17)7-5-19-6-7/h2-4,7,12,17H,5-6H2,1H3. The highest BCUT2D eigenvalue weighted by Crippen LogP contribution is 2.33. The van der Waals surface area contributed by atoms with Crippen LogP contribution in [0, 0.1) is 5.92 Å². The Morgan fingerprint density at radius 3 is 2.89 bits per heavy atom. The molecular formula is C13H13ClN2O3. The Labute approximate surface area is 114 Å². The highest BCUT2D eigenvalue weighted by atomic mass is 35.5. The zero-order chi connectivity index (χ0) is 13.6. The van der Waals surface area contributed by atoms with E-state index in [1.165, 1.54) is 4.68 Å². The van der Waals surface area contributed by atoms with Crippen molar-refractivity contribution in [3.05, 3.63) is 39.3 Å². The molecule has 0 aliphatic carbocycles. The lowest BCUT2D eigenvalue weighted by atomic mass is 9.91. The molecule has 1 atom stereocenters. The van der Waals surface area contributed by atoms with Gasteiger partial charge in [0.1, 0.15) is 0 Å². The predicted molar refractivity (Wildman–Crippen MR) is 71.3 cm³/mol. The van der Waals surface area contributed by atoms with E-state index < -0.39 is 6.10 Å². The summed E-state index contributed by atoms with van der Waals surface area (Å²) in [6, 6.07) is 3.39. The van der Waals surface area contributed by atoms with Crippen molar-refractivity contribution in [2.24, 2.45) is 13.0 Å². The van der Waals surface area contributed by atoms with Crippen LogP contribution in [-0.2, 0) is 11.8 Å². The first-order valence-corrected chi connectivity index (χ1v) is 6.37. The van der Waals surface area contributed by atoms with E-state index in [2.05, 4.69) is 5.10 Å². The molecule has 0 spiro atoms. The SMILES string of the molecule is Cn1ncc2c(C(O)C3COC3)ccc(Cl)c2c1=O. The number of aliphatic hydroxyl groups is 1. The van der Waals surface area contributed by atoms with Gasteiger partial charge in [-0.15, -0.1) is 0 Å². The average Bonchev–Trinajstić information content (AvgIpc) is 2.31. The van der Waals surface area contributed by atoms with Crippen LogP contribution in [-0.4, -0.2) is 28.1 Å². The minimum atomic E-state index is -0.664. The van der Waals surface area contributed by atoms with Gasteiger partial charge in [0, 0.05) is 18.4 Å². The van der Waals surface area contributed by atoms with Crippen molar-refractivity contribution in [3.8, 4) is 0 Å². The number of ether oxygens (including phenoxy) is 1. The molecule has 3 rings (SSSR count). The van der Waals surface area contributed by atoms with Crippen LogP contribution in [0.15, 0.2) is 23.1 Å². The van der Waals surface area contributed by atoms with Gasteiger partial charge in [0.2, 0.25) is 0 Å². The summed E-state index contributed by atoms with van der Waals surface area (Å²) in [7, 11) is 1.57. The number of halogens is 1. The quantitative estimate of drug-likeness (QED) is 0.900. The number of aryl methyl sites for hydroxylation is 1. The number of hydrogen-bond donors (Lipinski definition) is 1. The number of aromatic nitrogens is 2. The van der Waals surface area contributed by atoms with Gasteiger partial charge in [0.05, 0.1) is 35.9 Å². The number of benzene rings is 1. The van der Waals surface area contributed by atoms with Crippen molar-refractivity contribution in [3.63, 3.8) is 0 Å². The first-order chi connectivity index (χ1) is 9.09. The third kappa shape index (κ3) is 1.94. The normalized spacial score (nSPS) is 17.4. The maximum Gasteiger partial charge on any atom is 0.275 e. The van der Waals surface area contributed by atoms with E-state index in [4.69, 9.17) is 16.3 Å². The second kappa shape index (κ2) is 4.59. The Bertz CT molecular complexity index is 694. The third-order valence-corrected chi connectivity index (χ3v) is 3.84. The van der Waals surface area contributed by atoms with E-state index in [1.54, 1.807) is 25.4 Å². The molecule has 6 heteroatoms. The van der Waals surface area contributed by atoms with Crippen LogP contribution in [0.25, 0.3) is 10.8 Å². The van der Waals surface area contributed by atoms with Crippen LogP contribution in [0.2, 0.25) is 5.02 Å². The lowest BCUT2D eigenvalue weighted by molar-refractivity contribution is -0.0919. The summed E-state index contributed by atoms with van der Waals surface area (Å²) in [5.74, 6) is 0.0634. The number of rotatable bonds is 2. The van der Waals surface area contributed by atoms with Gasteiger partial charge in [-0.1, -0.05) is 17.7 Å². The molecule has 1 N–H and O–H groups in total. The number of fused-ring (bicyclic) bond motifs is 1. The van der Waals surface area contributed by atoms with E-state index in [0.29, 0.717) is 34.6 Å². The monoisotopic (exact) mass is 280 g/mol. The summed E-state index contributed by atoms with van der Waals surface area (Å²) < 4.78 is 6.32. The first kappa shape index (κ1) is 12.6. The van der Waals surface area contributed by atoms with Crippen LogP contribution in [0.1, 0.15) is 11.7 Å². The maximum atomic E-state index is 12.1. The van der Waals surface area contributed by atoms with E-state index in [0.717, 1.165) is 0 Å². The molecule has 0 bridgehead atoms. The van der Waals surface area contributed by atoms with Crippen molar-refractivity contribution in [1.29, 1.82) is 0 Å². The van der Waals surface area contributed by atoms with Crippen LogP contribution < -0.4 is 5.56 Å². The number of aliphatic hydroxyl groups excluding tert-OH is 1. The lowest BCUT2D eigenvalue weighted by Crippen LogP contribution is -2.33. The molecule has 1 aromatic heterocycles. The molecule has 5 nitrogen and oxygen atoms in total. The van der Waals surface area contributed by atoms with E-state index in [-0.39, 0.29) is 11.5 Å². The highest BCUT2D eigenvalue weighted by Gasteiger charge is 2.29. The Kier molecular flexibility index (Phi) is 3.05. The Morgan fingerprint density at radius 2 is 2.26 bits per heavy atom. The molecule has 1 unspecified atom stereocenters. The van der Waals surface area contributed by atoms with Crippen LogP contribution in [0.3, 0.4) is 0 Å². The first-order valence-electron chi connectivity index (χ1n) is 6.00. The molecule has 1 saturated heterocycles. The summed E-state index contributed by atoms with van der Waals surface area (Å²) in [6.07, 6.45) is 0.906. The fraction of sp³-hybridized carbons (Fsp3) is 0.385. The van der Waals surface area contributed by atoms with E-state index >= 15 is 0 Å². The largest absolute Gasteiger partial charge is 0.388 e. The third-order valence-electron chi connectivity index (χ3n) is 3.53. The fourth-order valence-corrected chi connectivity index (χ4v) is 2.52. The van der Waals surface area contributed by atoms with Crippen molar-refractivity contribution < 1.29 is 9.84 Å². The number of nitrogens with zero attached hydrogens (tertiary/aromatic N) is 2. The molecule has 0 saturated carbocycles. The molecule has 1 aliphatic rings. The zero-order valence-electron chi connectivity index (χ0n) is 10.3. The van der Waals surface area contributed by atoms with Gasteiger partial charge >= 0.3 is 0 Å². The van der Waals surface area contributed by atoms with Gasteiger partial charge < -0.3 is 9.84 Å². The van der Waals surface area contributed by atoms with E-state index in [9.17, 15) is 9.90 Å². The molecule has 2 aromatic rings. The minimum Gasteiger partial charge on any atom is -0.388 e. The second-order valence-corrected chi connectivity index (χ2v) is 5.15. The Morgan fingerprint density at radius 1 is 1.53 bits per heavy atom. The molecular weight excluding hydrogens is 268 g/mol. The molecule has 0 amide bonds. The summed E-state index contributed by atoms with van der Waals surface area (Å²) in [4.78, 5) is 12.1. The van der Waals surface area contributed by atoms with Crippen molar-refractivity contribution in [2.45, 2.75) is 6.10 Å². The van der Waals surface area contributed by atoms with Gasteiger partial charge in [-0.25, -0.2) is 4.68 Å². The summed E-state index contributed by atoms with van der Waals surface area (Å²) in [6.45, 7) is 1.06. The van der Waals surface area contributed by atoms with E-state index in [1.807, 2.05) is 0 Å². The maximum absolute atomic E-state index is 12.1. The smallest absolute Gasteiger partial charge is 0.275 e. The molecule has 1 fully saturated rings. The molecule has 1 aliphatic heterocycles. The topological polar surface area (TPSA) is 64.3 Å². The predicted octanol–water partition coefficient (Wildman–Crippen LogP) is 1.27. The Balaban J connectivity index is 2.24. The zero-order valence-corrected chi connectivity index (χ0v) is 11.1. The summed E-state index contributed by atoms with van der Waals surface area (Å²) in [5.41, 5.74) is 0.416. The fourth-order valence-electron chi connectivity index (χ4n) is 2.27. The summed E-state index contributed by atoms with van der Waals surface area (Å²) in [5, 5.41) is 15.7. The average molecular weight is 281 g/mol. The molecule has 1 aromatic carbocycles. The van der Waals surface area contributed by atoms with Crippen molar-refractivity contribution in [2.75, 3.05) is 13.2 Å². The van der Waals surface area contributed by atoms with Crippen LogP contribution >= 0.6 is 11.6 Å². The minimum absolute atomic E-state index is 0.0634. The van der Waals surface area contributed by atoms with Gasteiger partial charge in [-0.05, 0) is 11.6 Å². The van der Waals surface area contributed by atoms with Crippen molar-refractivity contribution in [1.82, 2.24) is 9.78 Å². The van der Waals surface area contributed by atoms with Gasteiger partial charge in [-0.3, -0.25) is 4.79 Å². The van der Waals surface area contributed by atoms with Gasteiger partial charge in [0.15, 0.2) is 0 Å².